The first kappa shape index (κ1) is 95.5. The van der Waals surface area contributed by atoms with Gasteiger partial charge >= 0.3 is 0 Å². The third-order valence-corrected chi connectivity index (χ3v) is 26.7. The maximum atomic E-state index is 12.7. The van der Waals surface area contributed by atoms with Crippen LogP contribution in [0.3, 0.4) is 0 Å². The van der Waals surface area contributed by atoms with Crippen molar-refractivity contribution in [3.8, 4) is 0 Å². The number of ether oxygens (including phenoxy) is 4. The number of halogens is 7. The molecule has 0 unspecified atom stereocenters. The third-order valence-electron chi connectivity index (χ3n) is 24.1. The predicted octanol–water partition coefficient (Wildman–Crippen LogP) is 21.7. The van der Waals surface area contributed by atoms with Gasteiger partial charge in [-0.15, -0.1) is 0 Å². The lowest BCUT2D eigenvalue weighted by molar-refractivity contribution is 0.0672. The van der Waals surface area contributed by atoms with Crippen molar-refractivity contribution in [3.63, 3.8) is 0 Å². The van der Waals surface area contributed by atoms with Crippen molar-refractivity contribution in [2.24, 2.45) is 0 Å². The zero-order valence-electron chi connectivity index (χ0n) is 74.3. The van der Waals surface area contributed by atoms with Crippen LogP contribution in [-0.2, 0) is 18.9 Å². The van der Waals surface area contributed by atoms with E-state index < -0.39 is 0 Å². The van der Waals surface area contributed by atoms with Gasteiger partial charge in [0.05, 0.1) is 135 Å². The number of carbonyl (C=O) groups excluding carboxylic acids is 5. The molecule has 0 spiro atoms. The van der Waals surface area contributed by atoms with Crippen LogP contribution in [0.15, 0.2) is 177 Å². The molecule has 30 nitrogen and oxygen atoms in total. The Hall–Kier alpha value is -11.6. The highest BCUT2D eigenvalue weighted by Crippen LogP contribution is 2.39. The van der Waals surface area contributed by atoms with Gasteiger partial charge in [0.1, 0.15) is 0 Å². The smallest absolute Gasteiger partial charge is 0.258 e. The van der Waals surface area contributed by atoms with E-state index in [0.717, 1.165) is 143 Å². The molecule has 37 heteroatoms. The minimum atomic E-state index is -0.340. The number of likely N-dealkylation sites (tertiary alicyclic amines) is 1. The highest BCUT2D eigenvalue weighted by molar-refractivity contribution is 6.44. The number of piperidine rings is 1. The van der Waals surface area contributed by atoms with Crippen LogP contribution in [0.25, 0.3) is 55.2 Å². The largest absolute Gasteiger partial charge is 0.381 e. The topological polar surface area (TPSA) is 339 Å². The number of hydrogen-bond acceptors (Lipinski definition) is 20. The molecular formula is C97H98Cl7N21O9. The second-order valence-corrected chi connectivity index (χ2v) is 36.4. The van der Waals surface area contributed by atoms with Gasteiger partial charge in [-0.3, -0.25) is 24.0 Å². The first-order chi connectivity index (χ1) is 64.9. The summed E-state index contributed by atoms with van der Waals surface area (Å²) in [6.45, 7) is 18.0. The molecule has 134 heavy (non-hydrogen) atoms. The van der Waals surface area contributed by atoms with Crippen LogP contribution in [0.4, 0.5) is 28.4 Å². The van der Waals surface area contributed by atoms with Gasteiger partial charge in [0.2, 0.25) is 0 Å². The van der Waals surface area contributed by atoms with Crippen LogP contribution < -0.4 is 26.6 Å². The van der Waals surface area contributed by atoms with E-state index in [-0.39, 0.29) is 69.4 Å². The number of anilines is 5. The Kier molecular flexibility index (Phi) is 31.2. The molecule has 15 aromatic rings. The summed E-state index contributed by atoms with van der Waals surface area (Å²) in [5.41, 5.74) is 13.1. The van der Waals surface area contributed by atoms with E-state index in [4.69, 9.17) is 100 Å². The van der Waals surface area contributed by atoms with E-state index in [2.05, 4.69) is 103 Å². The maximum Gasteiger partial charge on any atom is 0.258 e. The van der Waals surface area contributed by atoms with Crippen LogP contribution in [0.2, 0.25) is 35.3 Å². The van der Waals surface area contributed by atoms with Gasteiger partial charge in [-0.05, 0) is 189 Å². The molecule has 0 radical (unpaired) electrons. The van der Waals surface area contributed by atoms with Crippen LogP contribution in [0.5, 0.6) is 0 Å². The minimum Gasteiger partial charge on any atom is -0.381 e. The number of benzene rings is 5. The van der Waals surface area contributed by atoms with Gasteiger partial charge in [-0.25, -0.2) is 48.3 Å². The van der Waals surface area contributed by atoms with Crippen molar-refractivity contribution in [1.82, 2.24) is 78.7 Å². The SMILES string of the molecule is CC(C)c1ccc(NC(=O)c2cnc3c(cnn3C3CCOCC3)c2Cl)cc1.Cc1ccc(NC(=O)c2cnc3c(c(Cl)nn3C3CCOCC3)c2Cl)cc1.Cc1ccc(NC(=O)c2cnc3c(cnn3C3CCN(C)CC3)c2Cl)cc1.Cc1ccc(NC(=O)c2cnc3c(cnn3C3CCOCC3)c2Cl)cc1.O=C(Nc1ccc(Cl)cc1)c1cnc2c(cnn2C2CCOCC2)c1Cl. The molecule has 10 aromatic heterocycles. The Morgan fingerprint density at radius 2 is 0.567 bits per heavy atom. The summed E-state index contributed by atoms with van der Waals surface area (Å²) >= 11 is 44.8. The van der Waals surface area contributed by atoms with Crippen molar-refractivity contribution in [1.29, 1.82) is 0 Å². The second kappa shape index (κ2) is 43.8. The van der Waals surface area contributed by atoms with Crippen molar-refractivity contribution in [2.45, 2.75) is 135 Å². The predicted molar refractivity (Wildman–Crippen MR) is 525 cm³/mol. The number of fused-ring (bicyclic) bond motifs is 5. The quantitative estimate of drug-likeness (QED) is 0.0600. The summed E-state index contributed by atoms with van der Waals surface area (Å²) in [6, 6.07) is 38.6. The van der Waals surface area contributed by atoms with E-state index in [0.29, 0.717) is 147 Å². The lowest BCUT2D eigenvalue weighted by Gasteiger charge is -2.29. The summed E-state index contributed by atoms with van der Waals surface area (Å²) in [5.74, 6) is -1.07. The number of rotatable bonds is 16. The molecule has 0 saturated carbocycles. The Morgan fingerprint density at radius 3 is 0.851 bits per heavy atom. The number of nitrogens with one attached hydrogen (secondary N) is 5. The molecule has 5 saturated heterocycles. The molecule has 5 amide bonds. The molecule has 0 aliphatic carbocycles. The fraction of sp³-hybridized carbons (Fsp3) is 0.330. The number of carbonyl (C=O) groups is 5. The summed E-state index contributed by atoms with van der Waals surface area (Å²) in [6.07, 6.45) is 23.4. The standard InChI is InChI=1S/C21H23ClN4O2.C20H22ClN5O.C19H18Cl2N4O2.C19H19ClN4O2.C18H16Cl2N4O2/c1-13(2)14-3-5-15(6-4-14)25-21(27)18-11-23-20-17(19(18)22)12-24-26(20)16-7-9-28-10-8-16;1-13-3-5-14(6-4-13)24-20(27)17-11-22-19-16(18(17)21)12-23-26(19)15-7-9-25(2)10-8-15;1-11-2-4-12(5-3-11)23-19(26)14-10-22-18-15(16(14)20)17(21)24-25(18)13-6-8-27-9-7-13;1-12-2-4-13(5-3-12)23-19(25)16-10-21-18-15(17(16)20)11-22-24(18)14-6-8-26-9-7-14;19-11-1-3-12(4-2-11)23-18(25)15-9-21-17-14(16(15)20)10-22-24(17)13-5-7-26-8-6-13/h3-6,11-13,16H,7-10H2,1-2H3,(H,25,27);3-6,11-12,15H,7-10H2,1-2H3,(H,24,27);2-5,10,13H,6-9H2,1H3,(H,23,26);2-5,10-11,14H,6-9H2,1H3,(H,23,25);1-4,9-10,13H,5-8H2,(H,23,25). The van der Waals surface area contributed by atoms with Crippen LogP contribution >= 0.6 is 81.2 Å². The summed E-state index contributed by atoms with van der Waals surface area (Å²) in [7, 11) is 2.13. The average molecular weight is 1950 g/mol. The fourth-order valence-electron chi connectivity index (χ4n) is 16.4. The monoisotopic (exact) mass is 1950 g/mol. The molecule has 20 rings (SSSR count). The van der Waals surface area contributed by atoms with Crippen molar-refractivity contribution < 1.29 is 42.9 Å². The Bertz CT molecular complexity index is 6570. The highest BCUT2D eigenvalue weighted by Gasteiger charge is 2.31. The number of amides is 5. The van der Waals surface area contributed by atoms with Crippen LogP contribution in [0, 0.1) is 20.8 Å². The molecule has 5 aliphatic rings. The van der Waals surface area contributed by atoms with Gasteiger partial charge in [-0.1, -0.05) is 160 Å². The summed E-state index contributed by atoms with van der Waals surface area (Å²) < 4.78 is 31.1. The average Bonchev–Trinajstić information content (AvgIpc) is 1.62. The van der Waals surface area contributed by atoms with E-state index >= 15 is 0 Å². The molecule has 5 aromatic carbocycles. The number of aryl methyl sites for hydroxylation is 3. The van der Waals surface area contributed by atoms with Crippen molar-refractivity contribution in [2.75, 3.05) is 99.6 Å². The first-order valence-electron chi connectivity index (χ1n) is 44.3. The molecule has 0 atom stereocenters. The molecule has 0 bridgehead atoms. The van der Waals surface area contributed by atoms with E-state index in [1.807, 2.05) is 137 Å². The maximum absolute atomic E-state index is 12.7. The van der Waals surface area contributed by atoms with Crippen molar-refractivity contribution in [3.05, 3.63) is 262 Å². The number of nitrogens with zero attached hydrogens (tertiary/aromatic N) is 16. The number of aromatic nitrogens is 15. The second-order valence-electron chi connectivity index (χ2n) is 33.7. The highest BCUT2D eigenvalue weighted by atomic mass is 35.5. The van der Waals surface area contributed by atoms with Crippen LogP contribution in [-0.4, -0.2) is 181 Å². The molecule has 5 aliphatic heterocycles. The first-order valence-corrected chi connectivity index (χ1v) is 46.9. The normalized spacial score (nSPS) is 15.4. The van der Waals surface area contributed by atoms with E-state index in [9.17, 15) is 24.0 Å². The van der Waals surface area contributed by atoms with Crippen molar-refractivity contribution >= 4 is 194 Å². The van der Waals surface area contributed by atoms with E-state index in [1.165, 1.54) is 30.4 Å². The lowest BCUT2D eigenvalue weighted by atomic mass is 10.0. The number of pyridine rings is 5. The lowest BCUT2D eigenvalue weighted by Crippen LogP contribution is -2.31. The molecule has 15 heterocycles. The Morgan fingerprint density at radius 1 is 0.321 bits per heavy atom. The van der Waals surface area contributed by atoms with Crippen LogP contribution in [0.1, 0.15) is 188 Å². The summed E-state index contributed by atoms with van der Waals surface area (Å²) in [5, 5.41) is 42.4. The number of hydrogen-bond donors (Lipinski definition) is 5. The van der Waals surface area contributed by atoms with Gasteiger partial charge in [0.15, 0.2) is 33.4 Å². The fourth-order valence-corrected chi connectivity index (χ4v) is 18.2. The zero-order valence-corrected chi connectivity index (χ0v) is 79.6. The van der Waals surface area contributed by atoms with Gasteiger partial charge in [-0.2, -0.15) is 25.5 Å². The Balaban J connectivity index is 0.000000122. The zero-order chi connectivity index (χ0) is 93.8. The van der Waals surface area contributed by atoms with E-state index in [1.54, 1.807) is 59.9 Å². The van der Waals surface area contributed by atoms with Gasteiger partial charge < -0.3 is 50.4 Å². The third kappa shape index (κ3) is 22.3. The van der Waals surface area contributed by atoms with Gasteiger partial charge in [0, 0.05) is 117 Å². The minimum absolute atomic E-state index is 0.157. The Labute approximate surface area is 807 Å². The molecule has 694 valence electrons. The molecule has 5 fully saturated rings. The molecule has 5 N–H and O–H groups in total. The molecular weight excluding hydrogens is 1850 g/mol. The summed E-state index contributed by atoms with van der Waals surface area (Å²) in [4.78, 5) is 87.9. The van der Waals surface area contributed by atoms with Gasteiger partial charge in [0.25, 0.3) is 29.5 Å².